The molecule has 124 valence electrons. The molecule has 1 aliphatic rings. The number of nitriles is 1. The zero-order valence-corrected chi connectivity index (χ0v) is 13.1. The lowest BCUT2D eigenvalue weighted by Crippen LogP contribution is -2.50. The summed E-state index contributed by atoms with van der Waals surface area (Å²) in [6.07, 6.45) is 5.33. The van der Waals surface area contributed by atoms with E-state index >= 15 is 0 Å². The van der Waals surface area contributed by atoms with Gasteiger partial charge in [0.25, 0.3) is 5.56 Å². The number of hydrogen-bond donors (Lipinski definition) is 1. The van der Waals surface area contributed by atoms with Crippen molar-refractivity contribution in [2.45, 2.75) is 44.2 Å². The van der Waals surface area contributed by atoms with Gasteiger partial charge >= 0.3 is 0 Å². The third-order valence-electron chi connectivity index (χ3n) is 4.40. The Balaban J connectivity index is 1.81. The molecule has 3 rings (SSSR count). The fourth-order valence-corrected chi connectivity index (χ4v) is 3.13. The maximum absolute atomic E-state index is 13.2. The van der Waals surface area contributed by atoms with Crippen LogP contribution in [0.15, 0.2) is 29.3 Å². The molecule has 2 aromatic rings. The van der Waals surface area contributed by atoms with Gasteiger partial charge in [-0.05, 0) is 25.0 Å². The number of halogens is 1. The standard InChI is InChI=1S/C17H17FN4O2/c18-12-4-5-13-14(8-12)20-11-22(16(13)24)9-15(23)21-17(10-19)6-2-1-3-7-17/h4-5,8,11H,1-3,6-7,9H2,(H,21,23). The molecule has 1 heterocycles. The van der Waals surface area contributed by atoms with E-state index < -0.39 is 22.8 Å². The number of hydrogen-bond acceptors (Lipinski definition) is 4. The van der Waals surface area contributed by atoms with Crippen LogP contribution >= 0.6 is 0 Å². The van der Waals surface area contributed by atoms with Gasteiger partial charge in [0.1, 0.15) is 17.9 Å². The SMILES string of the molecule is N#CC1(NC(=O)Cn2cnc3cc(F)ccc3c2=O)CCCCC1. The van der Waals surface area contributed by atoms with Crippen LogP contribution in [0.2, 0.25) is 0 Å². The zero-order chi connectivity index (χ0) is 17.2. The predicted molar refractivity (Wildman–Crippen MR) is 85.5 cm³/mol. The molecule has 1 aromatic heterocycles. The highest BCUT2D eigenvalue weighted by Crippen LogP contribution is 2.27. The van der Waals surface area contributed by atoms with Gasteiger partial charge in [-0.2, -0.15) is 5.26 Å². The van der Waals surface area contributed by atoms with Crippen LogP contribution in [0.3, 0.4) is 0 Å². The van der Waals surface area contributed by atoms with E-state index in [1.165, 1.54) is 29.1 Å². The first-order valence-electron chi connectivity index (χ1n) is 7.90. The van der Waals surface area contributed by atoms with Crippen LogP contribution in [0.1, 0.15) is 32.1 Å². The average Bonchev–Trinajstić information content (AvgIpc) is 2.58. The summed E-state index contributed by atoms with van der Waals surface area (Å²) in [7, 11) is 0. The molecule has 0 spiro atoms. The number of aromatic nitrogens is 2. The van der Waals surface area contributed by atoms with Crippen molar-refractivity contribution in [1.82, 2.24) is 14.9 Å². The second-order valence-electron chi connectivity index (χ2n) is 6.14. The van der Waals surface area contributed by atoms with Crippen LogP contribution < -0.4 is 10.9 Å². The first-order chi connectivity index (χ1) is 11.5. The molecule has 0 aliphatic heterocycles. The fraction of sp³-hybridized carbons (Fsp3) is 0.412. The van der Waals surface area contributed by atoms with Gasteiger partial charge in [-0.1, -0.05) is 19.3 Å². The number of benzene rings is 1. The summed E-state index contributed by atoms with van der Waals surface area (Å²) < 4.78 is 14.3. The Kier molecular flexibility index (Phi) is 4.30. The van der Waals surface area contributed by atoms with E-state index in [1.54, 1.807) is 0 Å². The summed E-state index contributed by atoms with van der Waals surface area (Å²) in [5.41, 5.74) is -1.01. The molecule has 24 heavy (non-hydrogen) atoms. The summed E-state index contributed by atoms with van der Waals surface area (Å²) in [5, 5.41) is 12.4. The molecule has 0 bridgehead atoms. The van der Waals surface area contributed by atoms with Crippen LogP contribution in [0.4, 0.5) is 4.39 Å². The molecular weight excluding hydrogens is 311 g/mol. The Morgan fingerprint density at radius 3 is 2.83 bits per heavy atom. The molecule has 6 nitrogen and oxygen atoms in total. The van der Waals surface area contributed by atoms with Crippen molar-refractivity contribution in [3.63, 3.8) is 0 Å². The van der Waals surface area contributed by atoms with E-state index in [1.807, 2.05) is 0 Å². The maximum Gasteiger partial charge on any atom is 0.261 e. The fourth-order valence-electron chi connectivity index (χ4n) is 3.13. The number of amides is 1. The van der Waals surface area contributed by atoms with E-state index in [-0.39, 0.29) is 17.4 Å². The maximum atomic E-state index is 13.2. The lowest BCUT2D eigenvalue weighted by atomic mass is 9.83. The van der Waals surface area contributed by atoms with Crippen molar-refractivity contribution in [1.29, 1.82) is 5.26 Å². The van der Waals surface area contributed by atoms with Gasteiger partial charge in [-0.3, -0.25) is 14.2 Å². The Morgan fingerprint density at radius 1 is 1.38 bits per heavy atom. The molecule has 1 fully saturated rings. The van der Waals surface area contributed by atoms with Crippen LogP contribution in [0, 0.1) is 17.1 Å². The normalized spacial score (nSPS) is 16.5. The summed E-state index contributed by atoms with van der Waals surface area (Å²) in [5.74, 6) is -0.873. The van der Waals surface area contributed by atoms with Crippen LogP contribution in [0.5, 0.6) is 0 Å². The lowest BCUT2D eigenvalue weighted by molar-refractivity contribution is -0.123. The first kappa shape index (κ1) is 16.1. The third-order valence-corrected chi connectivity index (χ3v) is 4.40. The van der Waals surface area contributed by atoms with Crippen LogP contribution in [-0.2, 0) is 11.3 Å². The quantitative estimate of drug-likeness (QED) is 0.932. The molecule has 7 heteroatoms. The van der Waals surface area contributed by atoms with Gasteiger partial charge in [0.2, 0.25) is 5.91 Å². The highest BCUT2D eigenvalue weighted by atomic mass is 19.1. The van der Waals surface area contributed by atoms with E-state index in [9.17, 15) is 19.2 Å². The molecule has 0 radical (unpaired) electrons. The molecule has 1 aliphatic carbocycles. The van der Waals surface area contributed by atoms with E-state index in [0.717, 1.165) is 19.3 Å². The first-order valence-corrected chi connectivity index (χ1v) is 7.90. The van der Waals surface area contributed by atoms with Crippen molar-refractivity contribution in [2.24, 2.45) is 0 Å². The monoisotopic (exact) mass is 328 g/mol. The summed E-state index contributed by atoms with van der Waals surface area (Å²) in [6.45, 7) is -0.220. The van der Waals surface area contributed by atoms with E-state index in [2.05, 4.69) is 16.4 Å². The van der Waals surface area contributed by atoms with Crippen molar-refractivity contribution < 1.29 is 9.18 Å². The van der Waals surface area contributed by atoms with Crippen molar-refractivity contribution in [3.05, 3.63) is 40.7 Å². The van der Waals surface area contributed by atoms with Crippen molar-refractivity contribution >= 4 is 16.8 Å². The van der Waals surface area contributed by atoms with Gasteiger partial charge in [0.05, 0.1) is 23.3 Å². The Hall–Kier alpha value is -2.75. The van der Waals surface area contributed by atoms with Gasteiger partial charge in [0, 0.05) is 6.07 Å². The number of nitrogens with zero attached hydrogens (tertiary/aromatic N) is 3. The minimum Gasteiger partial charge on any atom is -0.336 e. The van der Waals surface area contributed by atoms with Gasteiger partial charge in [-0.25, -0.2) is 9.37 Å². The molecule has 1 N–H and O–H groups in total. The molecule has 0 atom stereocenters. The molecule has 1 aromatic carbocycles. The third kappa shape index (κ3) is 3.13. The Bertz CT molecular complexity index is 878. The van der Waals surface area contributed by atoms with E-state index in [0.29, 0.717) is 12.8 Å². The molecule has 0 saturated heterocycles. The number of nitrogens with one attached hydrogen (secondary N) is 1. The van der Waals surface area contributed by atoms with Gasteiger partial charge < -0.3 is 5.32 Å². The summed E-state index contributed by atoms with van der Waals surface area (Å²) in [4.78, 5) is 28.7. The Labute approximate surface area is 137 Å². The van der Waals surface area contributed by atoms with Crippen molar-refractivity contribution in [2.75, 3.05) is 0 Å². The lowest BCUT2D eigenvalue weighted by Gasteiger charge is -2.31. The Morgan fingerprint density at radius 2 is 2.12 bits per heavy atom. The second-order valence-corrected chi connectivity index (χ2v) is 6.14. The number of carbonyl (C=O) groups is 1. The number of carbonyl (C=O) groups excluding carboxylic acids is 1. The minimum absolute atomic E-state index is 0.220. The summed E-state index contributed by atoms with van der Waals surface area (Å²) in [6, 6.07) is 5.92. The van der Waals surface area contributed by atoms with E-state index in [4.69, 9.17) is 0 Å². The topological polar surface area (TPSA) is 87.8 Å². The molecule has 1 amide bonds. The smallest absolute Gasteiger partial charge is 0.261 e. The zero-order valence-electron chi connectivity index (χ0n) is 13.1. The highest BCUT2D eigenvalue weighted by molar-refractivity contribution is 5.79. The van der Waals surface area contributed by atoms with Crippen LogP contribution in [-0.4, -0.2) is 21.0 Å². The molecule has 1 saturated carbocycles. The highest BCUT2D eigenvalue weighted by Gasteiger charge is 2.33. The van der Waals surface area contributed by atoms with Gasteiger partial charge in [-0.15, -0.1) is 0 Å². The molecular formula is C17H17FN4O2. The van der Waals surface area contributed by atoms with Crippen LogP contribution in [0.25, 0.3) is 10.9 Å². The number of fused-ring (bicyclic) bond motifs is 1. The van der Waals surface area contributed by atoms with Crippen molar-refractivity contribution in [3.8, 4) is 6.07 Å². The summed E-state index contributed by atoms with van der Waals surface area (Å²) >= 11 is 0. The minimum atomic E-state index is -0.841. The largest absolute Gasteiger partial charge is 0.336 e. The molecule has 0 unspecified atom stereocenters. The average molecular weight is 328 g/mol. The van der Waals surface area contributed by atoms with Gasteiger partial charge in [0.15, 0.2) is 0 Å². The predicted octanol–water partition coefficient (Wildman–Crippen LogP) is 1.88. The second kappa shape index (κ2) is 6.40. The number of rotatable bonds is 3.